The fraction of sp³-hybridized carbons (Fsp3) is 0.562. The highest BCUT2D eigenvalue weighted by Gasteiger charge is 2.50. The van der Waals surface area contributed by atoms with Gasteiger partial charge in [0.2, 0.25) is 0 Å². The third-order valence-corrected chi connectivity index (χ3v) is 6.35. The highest BCUT2D eigenvalue weighted by molar-refractivity contribution is 7.90. The van der Waals surface area contributed by atoms with Crippen LogP contribution in [0.15, 0.2) is 23.2 Å². The van der Waals surface area contributed by atoms with Gasteiger partial charge >= 0.3 is 15.5 Å². The van der Waals surface area contributed by atoms with Gasteiger partial charge in [-0.05, 0) is 36.5 Å². The van der Waals surface area contributed by atoms with Crippen LogP contribution in [0.25, 0.3) is 0 Å². The second kappa shape index (κ2) is 9.27. The van der Waals surface area contributed by atoms with E-state index in [9.17, 15) is 26.0 Å². The molecule has 1 aliphatic heterocycles. The van der Waals surface area contributed by atoms with Crippen LogP contribution in [0.4, 0.5) is 17.6 Å². The van der Waals surface area contributed by atoms with Crippen LogP contribution in [0, 0.1) is 11.7 Å². The minimum atomic E-state index is -5.27. The number of piperidine rings is 1. The van der Waals surface area contributed by atoms with Crippen LogP contribution in [0.1, 0.15) is 18.4 Å². The van der Waals surface area contributed by atoms with E-state index in [2.05, 4.69) is 15.6 Å². The minimum Gasteiger partial charge on any atom is -0.356 e. The third-order valence-electron chi connectivity index (χ3n) is 4.43. The maximum atomic E-state index is 13.2. The second-order valence-corrected chi connectivity index (χ2v) is 8.68. The predicted molar refractivity (Wildman–Crippen MR) is 98.9 cm³/mol. The predicted octanol–water partition coefficient (Wildman–Crippen LogP) is 2.71. The van der Waals surface area contributed by atoms with Crippen LogP contribution in [-0.4, -0.2) is 50.9 Å². The number of sulfonamides is 1. The van der Waals surface area contributed by atoms with Crippen LogP contribution in [0.2, 0.25) is 5.02 Å². The number of hydrogen-bond acceptors (Lipinski definition) is 3. The van der Waals surface area contributed by atoms with Gasteiger partial charge in [0, 0.05) is 33.2 Å². The Kier molecular flexibility index (Phi) is 7.52. The van der Waals surface area contributed by atoms with Gasteiger partial charge in [0.05, 0.1) is 5.02 Å². The lowest BCUT2D eigenvalue weighted by Crippen LogP contribution is -2.47. The summed E-state index contributed by atoms with van der Waals surface area (Å²) in [5.41, 5.74) is -4.52. The first-order chi connectivity index (χ1) is 13.0. The van der Waals surface area contributed by atoms with Crippen LogP contribution in [-0.2, 0) is 16.6 Å². The van der Waals surface area contributed by atoms with Crippen LogP contribution >= 0.6 is 11.6 Å². The van der Waals surface area contributed by atoms with Crippen molar-refractivity contribution in [3.05, 3.63) is 34.6 Å². The Balaban J connectivity index is 1.79. The number of rotatable bonds is 5. The minimum absolute atomic E-state index is 0.0125. The smallest absolute Gasteiger partial charge is 0.356 e. The molecule has 0 aliphatic carbocycles. The molecule has 2 rings (SSSR count). The first-order valence-electron chi connectivity index (χ1n) is 8.49. The molecule has 0 unspecified atom stereocenters. The Morgan fingerprint density at radius 2 is 1.93 bits per heavy atom. The average molecular weight is 445 g/mol. The first-order valence-corrected chi connectivity index (χ1v) is 10.3. The van der Waals surface area contributed by atoms with Gasteiger partial charge in [-0.25, -0.2) is 12.8 Å². The zero-order valence-electron chi connectivity index (χ0n) is 15.1. The number of benzene rings is 1. The van der Waals surface area contributed by atoms with Crippen molar-refractivity contribution in [3.63, 3.8) is 0 Å². The van der Waals surface area contributed by atoms with Gasteiger partial charge in [0.1, 0.15) is 5.82 Å². The molecule has 6 nitrogen and oxygen atoms in total. The Morgan fingerprint density at radius 1 is 1.29 bits per heavy atom. The standard InChI is InChI=1S/C16H21ClF4N4O2S/c1-22-15(24-10-12-2-3-14(18)13(17)8-12)23-9-11-4-6-25(7-5-11)28(26,27)16(19,20)21/h2-3,8,11H,4-7,9-10H2,1H3,(H2,22,23,24). The second-order valence-electron chi connectivity index (χ2n) is 6.35. The molecule has 2 N–H and O–H groups in total. The van der Waals surface area contributed by atoms with Gasteiger partial charge in [-0.15, -0.1) is 0 Å². The van der Waals surface area contributed by atoms with Crippen molar-refractivity contribution in [1.82, 2.24) is 14.9 Å². The summed E-state index contributed by atoms with van der Waals surface area (Å²) in [7, 11) is -3.70. The number of halogens is 5. The fourth-order valence-corrected chi connectivity index (χ4v) is 3.98. The summed E-state index contributed by atoms with van der Waals surface area (Å²) in [5.74, 6) is -0.0314. The zero-order chi connectivity index (χ0) is 20.9. The lowest BCUT2D eigenvalue weighted by Gasteiger charge is -2.31. The zero-order valence-corrected chi connectivity index (χ0v) is 16.6. The molecule has 0 radical (unpaired) electrons. The number of aliphatic imine (C=N–C) groups is 1. The summed E-state index contributed by atoms with van der Waals surface area (Å²) in [6.07, 6.45) is 0.625. The summed E-state index contributed by atoms with van der Waals surface area (Å²) >= 11 is 5.73. The van der Waals surface area contributed by atoms with Crippen molar-refractivity contribution in [2.45, 2.75) is 24.9 Å². The van der Waals surface area contributed by atoms with E-state index >= 15 is 0 Å². The number of hydrogen-bond donors (Lipinski definition) is 2. The highest BCUT2D eigenvalue weighted by Crippen LogP contribution is 2.30. The SMILES string of the molecule is CN=C(NCc1ccc(F)c(Cl)c1)NCC1CCN(S(=O)(=O)C(F)(F)F)CC1. The monoisotopic (exact) mass is 444 g/mol. The van der Waals surface area contributed by atoms with E-state index in [0.29, 0.717) is 36.2 Å². The van der Waals surface area contributed by atoms with Crippen molar-refractivity contribution in [1.29, 1.82) is 0 Å². The largest absolute Gasteiger partial charge is 0.511 e. The Bertz CT molecular complexity index is 809. The maximum absolute atomic E-state index is 13.2. The lowest BCUT2D eigenvalue weighted by atomic mass is 9.98. The van der Waals surface area contributed by atoms with E-state index in [1.54, 1.807) is 13.1 Å². The lowest BCUT2D eigenvalue weighted by molar-refractivity contribution is -0.0496. The van der Waals surface area contributed by atoms with E-state index in [4.69, 9.17) is 11.6 Å². The van der Waals surface area contributed by atoms with Gasteiger partial charge < -0.3 is 10.6 Å². The molecule has 0 amide bonds. The number of nitrogens with one attached hydrogen (secondary N) is 2. The normalized spacial score (nSPS) is 17.6. The van der Waals surface area contributed by atoms with Crippen molar-refractivity contribution in [2.75, 3.05) is 26.7 Å². The molecular formula is C16H21ClF4N4O2S. The summed E-state index contributed by atoms with van der Waals surface area (Å²) < 4.78 is 74.2. The van der Waals surface area contributed by atoms with E-state index in [1.807, 2.05) is 0 Å². The number of nitrogens with zero attached hydrogens (tertiary/aromatic N) is 2. The molecule has 12 heteroatoms. The highest BCUT2D eigenvalue weighted by atomic mass is 35.5. The molecule has 0 bridgehead atoms. The van der Waals surface area contributed by atoms with Gasteiger partial charge in [-0.2, -0.15) is 17.5 Å². The van der Waals surface area contributed by atoms with Gasteiger partial charge in [-0.1, -0.05) is 17.7 Å². The summed E-state index contributed by atoms with van der Waals surface area (Å²) in [5, 5.41) is 6.10. The molecule has 0 saturated carbocycles. The van der Waals surface area contributed by atoms with E-state index in [-0.39, 0.29) is 24.0 Å². The van der Waals surface area contributed by atoms with Gasteiger partial charge in [-0.3, -0.25) is 4.99 Å². The van der Waals surface area contributed by atoms with E-state index in [1.165, 1.54) is 12.1 Å². The van der Waals surface area contributed by atoms with E-state index < -0.39 is 21.3 Å². The summed E-state index contributed by atoms with van der Waals surface area (Å²) in [6, 6.07) is 4.34. The molecule has 0 atom stereocenters. The molecule has 1 heterocycles. The van der Waals surface area contributed by atoms with Crippen molar-refractivity contribution in [2.24, 2.45) is 10.9 Å². The molecule has 1 aliphatic rings. The molecular weight excluding hydrogens is 424 g/mol. The Labute approximate surface area is 166 Å². The van der Waals surface area contributed by atoms with Crippen molar-refractivity contribution in [3.8, 4) is 0 Å². The topological polar surface area (TPSA) is 73.8 Å². The fourth-order valence-electron chi connectivity index (χ4n) is 2.80. The van der Waals surface area contributed by atoms with Crippen LogP contribution in [0.3, 0.4) is 0 Å². The van der Waals surface area contributed by atoms with Crippen molar-refractivity contribution >= 4 is 27.6 Å². The molecule has 1 aromatic rings. The Morgan fingerprint density at radius 3 is 2.46 bits per heavy atom. The molecule has 28 heavy (non-hydrogen) atoms. The van der Waals surface area contributed by atoms with Gasteiger partial charge in [0.25, 0.3) is 0 Å². The quantitative estimate of drug-likeness (QED) is 0.416. The number of alkyl halides is 3. The number of guanidine groups is 1. The molecule has 158 valence electrons. The van der Waals surface area contributed by atoms with Gasteiger partial charge in [0.15, 0.2) is 5.96 Å². The maximum Gasteiger partial charge on any atom is 0.511 e. The average Bonchev–Trinajstić information content (AvgIpc) is 2.64. The molecule has 0 spiro atoms. The third kappa shape index (κ3) is 5.71. The van der Waals surface area contributed by atoms with Crippen LogP contribution < -0.4 is 10.6 Å². The first kappa shape index (κ1) is 22.7. The molecule has 1 aromatic carbocycles. The molecule has 1 saturated heterocycles. The van der Waals surface area contributed by atoms with Crippen molar-refractivity contribution < 1.29 is 26.0 Å². The summed E-state index contributed by atoms with van der Waals surface area (Å²) in [6.45, 7) is 0.439. The van der Waals surface area contributed by atoms with Crippen LogP contribution in [0.5, 0.6) is 0 Å². The Hall–Kier alpha value is -1.59. The summed E-state index contributed by atoms with van der Waals surface area (Å²) in [4.78, 5) is 4.05. The van der Waals surface area contributed by atoms with E-state index in [0.717, 1.165) is 5.56 Å². The molecule has 0 aromatic heterocycles. The molecule has 1 fully saturated rings.